The molecular formula is C12H16N2O3. The Kier molecular flexibility index (Phi) is 3.28. The lowest BCUT2D eigenvalue weighted by Gasteiger charge is -2.36. The van der Waals surface area contributed by atoms with Gasteiger partial charge in [-0.2, -0.15) is 0 Å². The predicted molar refractivity (Wildman–Crippen MR) is 65.3 cm³/mol. The summed E-state index contributed by atoms with van der Waals surface area (Å²) in [7, 11) is 0. The molecular weight excluding hydrogens is 220 g/mol. The largest absolute Gasteiger partial charge is 0.372 e. The Morgan fingerprint density at radius 1 is 1.29 bits per heavy atom. The summed E-state index contributed by atoms with van der Waals surface area (Å²) in [6.45, 7) is 5.35. The van der Waals surface area contributed by atoms with Crippen molar-refractivity contribution in [2.75, 3.05) is 18.0 Å². The first kappa shape index (κ1) is 11.9. The molecule has 1 aromatic carbocycles. The van der Waals surface area contributed by atoms with Gasteiger partial charge in [-0.15, -0.1) is 0 Å². The van der Waals surface area contributed by atoms with Gasteiger partial charge in [0.15, 0.2) is 0 Å². The molecule has 0 amide bonds. The molecule has 17 heavy (non-hydrogen) atoms. The van der Waals surface area contributed by atoms with Crippen molar-refractivity contribution in [2.45, 2.75) is 26.1 Å². The van der Waals surface area contributed by atoms with Gasteiger partial charge in [0.05, 0.1) is 17.1 Å². The van der Waals surface area contributed by atoms with Crippen LogP contribution in [0.2, 0.25) is 0 Å². The molecule has 0 saturated carbocycles. The lowest BCUT2D eigenvalue weighted by atomic mass is 10.2. The zero-order valence-electron chi connectivity index (χ0n) is 10.00. The fourth-order valence-corrected chi connectivity index (χ4v) is 2.26. The summed E-state index contributed by atoms with van der Waals surface area (Å²) in [4.78, 5) is 12.7. The number of para-hydroxylation sites is 2. The number of anilines is 1. The quantitative estimate of drug-likeness (QED) is 0.583. The third-order valence-corrected chi connectivity index (χ3v) is 2.84. The molecule has 1 fully saturated rings. The second-order valence-electron chi connectivity index (χ2n) is 4.41. The lowest BCUT2D eigenvalue weighted by Crippen LogP contribution is -2.45. The van der Waals surface area contributed by atoms with E-state index >= 15 is 0 Å². The van der Waals surface area contributed by atoms with Crippen LogP contribution in [0, 0.1) is 10.1 Å². The Morgan fingerprint density at radius 3 is 2.47 bits per heavy atom. The molecule has 92 valence electrons. The molecule has 2 atom stereocenters. The van der Waals surface area contributed by atoms with Crippen molar-refractivity contribution in [1.82, 2.24) is 0 Å². The number of nitro benzene ring substituents is 1. The van der Waals surface area contributed by atoms with Crippen molar-refractivity contribution in [2.24, 2.45) is 0 Å². The van der Waals surface area contributed by atoms with Crippen LogP contribution in [-0.2, 0) is 4.74 Å². The summed E-state index contributed by atoms with van der Waals surface area (Å²) in [6.07, 6.45) is 0.192. The van der Waals surface area contributed by atoms with Crippen LogP contribution in [0.4, 0.5) is 11.4 Å². The fourth-order valence-electron chi connectivity index (χ4n) is 2.26. The molecule has 1 aromatic rings. The van der Waals surface area contributed by atoms with E-state index in [-0.39, 0.29) is 22.8 Å². The molecule has 0 bridgehead atoms. The minimum atomic E-state index is -0.333. The minimum absolute atomic E-state index is 0.0959. The third-order valence-electron chi connectivity index (χ3n) is 2.84. The van der Waals surface area contributed by atoms with E-state index in [0.29, 0.717) is 18.8 Å². The Bertz CT molecular complexity index is 412. The summed E-state index contributed by atoms with van der Waals surface area (Å²) >= 11 is 0. The summed E-state index contributed by atoms with van der Waals surface area (Å²) in [5.74, 6) is 0. The number of rotatable bonds is 2. The van der Waals surface area contributed by atoms with Crippen LogP contribution in [0.25, 0.3) is 0 Å². The van der Waals surface area contributed by atoms with Gasteiger partial charge in [-0.1, -0.05) is 12.1 Å². The molecule has 0 aromatic heterocycles. The molecule has 0 N–H and O–H groups in total. The van der Waals surface area contributed by atoms with Gasteiger partial charge in [-0.3, -0.25) is 10.1 Å². The highest BCUT2D eigenvalue weighted by Crippen LogP contribution is 2.29. The maximum absolute atomic E-state index is 11.0. The van der Waals surface area contributed by atoms with E-state index in [0.717, 1.165) is 0 Å². The van der Waals surface area contributed by atoms with Crippen molar-refractivity contribution < 1.29 is 9.66 Å². The molecule has 5 nitrogen and oxygen atoms in total. The monoisotopic (exact) mass is 236 g/mol. The summed E-state index contributed by atoms with van der Waals surface area (Å²) in [6, 6.07) is 6.85. The van der Waals surface area contributed by atoms with Crippen LogP contribution in [-0.4, -0.2) is 30.2 Å². The summed E-state index contributed by atoms with van der Waals surface area (Å²) < 4.78 is 5.63. The van der Waals surface area contributed by atoms with Crippen LogP contribution in [0.15, 0.2) is 24.3 Å². The van der Waals surface area contributed by atoms with Crippen molar-refractivity contribution in [1.29, 1.82) is 0 Å². The summed E-state index contributed by atoms with van der Waals surface area (Å²) in [5.41, 5.74) is 0.841. The molecule has 1 aliphatic heterocycles. The molecule has 0 aliphatic carbocycles. The number of hydrogen-bond acceptors (Lipinski definition) is 4. The highest BCUT2D eigenvalue weighted by molar-refractivity contribution is 5.63. The van der Waals surface area contributed by atoms with Crippen LogP contribution in [0.1, 0.15) is 13.8 Å². The lowest BCUT2D eigenvalue weighted by molar-refractivity contribution is -0.384. The van der Waals surface area contributed by atoms with Gasteiger partial charge in [0, 0.05) is 19.2 Å². The number of benzene rings is 1. The van der Waals surface area contributed by atoms with Gasteiger partial charge in [0.2, 0.25) is 0 Å². The molecule has 1 saturated heterocycles. The topological polar surface area (TPSA) is 55.6 Å². The zero-order valence-corrected chi connectivity index (χ0v) is 10.00. The number of hydrogen-bond donors (Lipinski definition) is 0. The Hall–Kier alpha value is -1.62. The first-order valence-corrected chi connectivity index (χ1v) is 5.71. The van der Waals surface area contributed by atoms with Gasteiger partial charge >= 0.3 is 0 Å². The van der Waals surface area contributed by atoms with Gasteiger partial charge in [0.1, 0.15) is 5.69 Å². The predicted octanol–water partition coefficient (Wildman–Crippen LogP) is 2.21. The van der Waals surface area contributed by atoms with Gasteiger partial charge < -0.3 is 9.64 Å². The maximum atomic E-state index is 11.0. The van der Waals surface area contributed by atoms with E-state index in [1.807, 2.05) is 24.8 Å². The van der Waals surface area contributed by atoms with E-state index in [1.54, 1.807) is 18.2 Å². The number of nitro groups is 1. The smallest absolute Gasteiger partial charge is 0.292 e. The van der Waals surface area contributed by atoms with Gasteiger partial charge in [-0.25, -0.2) is 0 Å². The maximum Gasteiger partial charge on any atom is 0.292 e. The second kappa shape index (κ2) is 4.71. The molecule has 5 heteroatoms. The minimum Gasteiger partial charge on any atom is -0.372 e. The van der Waals surface area contributed by atoms with E-state index < -0.39 is 0 Å². The second-order valence-corrected chi connectivity index (χ2v) is 4.41. The molecule has 0 radical (unpaired) electrons. The van der Waals surface area contributed by atoms with Gasteiger partial charge in [0.25, 0.3) is 5.69 Å². The highest BCUT2D eigenvalue weighted by Gasteiger charge is 2.26. The number of morpholine rings is 1. The Balaban J connectivity index is 2.30. The Morgan fingerprint density at radius 2 is 1.88 bits per heavy atom. The molecule has 2 rings (SSSR count). The Labute approximate surface area is 100 Å². The average molecular weight is 236 g/mol. The van der Waals surface area contributed by atoms with Crippen molar-refractivity contribution in [3.8, 4) is 0 Å². The van der Waals surface area contributed by atoms with Gasteiger partial charge in [-0.05, 0) is 19.9 Å². The SMILES string of the molecule is C[C@@H]1CN(c2ccccc2[N+](=O)[O-])C[C@@H](C)O1. The van der Waals surface area contributed by atoms with Crippen molar-refractivity contribution in [3.63, 3.8) is 0 Å². The standard InChI is InChI=1S/C12H16N2O3/c1-9-7-13(8-10(2)17-9)11-5-3-4-6-12(11)14(15)16/h3-6,9-10H,7-8H2,1-2H3/t9-,10-/m1/s1. The summed E-state index contributed by atoms with van der Waals surface area (Å²) in [5, 5.41) is 11.0. The van der Waals surface area contributed by atoms with Crippen LogP contribution in [0.3, 0.4) is 0 Å². The number of ether oxygens (including phenoxy) is 1. The fraction of sp³-hybridized carbons (Fsp3) is 0.500. The molecule has 1 aliphatic rings. The first-order valence-electron chi connectivity index (χ1n) is 5.71. The first-order chi connectivity index (χ1) is 8.08. The molecule has 1 heterocycles. The van der Waals surface area contributed by atoms with Crippen LogP contribution >= 0.6 is 0 Å². The van der Waals surface area contributed by atoms with E-state index in [9.17, 15) is 10.1 Å². The zero-order chi connectivity index (χ0) is 12.4. The average Bonchev–Trinajstić information content (AvgIpc) is 2.27. The molecule has 0 unspecified atom stereocenters. The highest BCUT2D eigenvalue weighted by atomic mass is 16.6. The van der Waals surface area contributed by atoms with Crippen molar-refractivity contribution in [3.05, 3.63) is 34.4 Å². The van der Waals surface area contributed by atoms with Crippen LogP contribution < -0.4 is 4.90 Å². The van der Waals surface area contributed by atoms with Crippen molar-refractivity contribution >= 4 is 11.4 Å². The third kappa shape index (κ3) is 2.55. The van der Waals surface area contributed by atoms with E-state index in [2.05, 4.69) is 0 Å². The van der Waals surface area contributed by atoms with Crippen LogP contribution in [0.5, 0.6) is 0 Å². The number of nitrogens with zero attached hydrogens (tertiary/aromatic N) is 2. The normalized spacial score (nSPS) is 24.7. The molecule has 0 spiro atoms. The van der Waals surface area contributed by atoms with E-state index in [4.69, 9.17) is 4.74 Å². The van der Waals surface area contributed by atoms with E-state index in [1.165, 1.54) is 0 Å².